The van der Waals surface area contributed by atoms with Crippen molar-refractivity contribution >= 4 is 33.5 Å². The van der Waals surface area contributed by atoms with Crippen molar-refractivity contribution in [2.45, 2.75) is 6.54 Å². The number of aromatic nitrogens is 2. The van der Waals surface area contributed by atoms with Gasteiger partial charge in [-0.1, -0.05) is 54.6 Å². The van der Waals surface area contributed by atoms with Crippen molar-refractivity contribution in [3.8, 4) is 17.0 Å². The molecule has 0 saturated heterocycles. The number of methoxy groups -OCH3 is 1. The molecule has 1 heterocycles. The Balaban J connectivity index is 0.00000225. The van der Waals surface area contributed by atoms with Gasteiger partial charge in [-0.25, -0.2) is 4.57 Å². The smallest absolute Gasteiger partial charge is 0.287 e. The second kappa shape index (κ2) is 8.76. The van der Waals surface area contributed by atoms with E-state index in [1.165, 1.54) is 0 Å². The zero-order chi connectivity index (χ0) is 18.6. The molecule has 0 bridgehead atoms. The van der Waals surface area contributed by atoms with E-state index >= 15 is 0 Å². The van der Waals surface area contributed by atoms with Gasteiger partial charge >= 0.3 is 0 Å². The molecule has 0 saturated carbocycles. The van der Waals surface area contributed by atoms with Crippen LogP contribution in [0.4, 0.5) is 0 Å². The maximum Gasteiger partial charge on any atom is 0.287 e. The first kappa shape index (κ1) is 19.7. The Morgan fingerprint density at radius 1 is 0.964 bits per heavy atom. The van der Waals surface area contributed by atoms with E-state index in [1.54, 1.807) is 18.0 Å². The molecule has 140 valence electrons. The number of rotatable bonds is 5. The van der Waals surface area contributed by atoms with Gasteiger partial charge in [-0.3, -0.25) is 4.79 Å². The largest absolute Gasteiger partial charge is 0.496 e. The van der Waals surface area contributed by atoms with Gasteiger partial charge in [0, 0.05) is 11.6 Å². The van der Waals surface area contributed by atoms with Gasteiger partial charge in [0.25, 0.3) is 6.33 Å². The van der Waals surface area contributed by atoms with Gasteiger partial charge in [-0.2, -0.15) is 0 Å². The second-order valence-electron chi connectivity index (χ2n) is 6.27. The molecule has 0 aliphatic heterocycles. The van der Waals surface area contributed by atoms with Crippen molar-refractivity contribution in [3.05, 3.63) is 90.9 Å². The van der Waals surface area contributed by atoms with E-state index in [1.807, 2.05) is 79.0 Å². The monoisotopic (exact) mass is 435 g/mol. The summed E-state index contributed by atoms with van der Waals surface area (Å²) in [5.74, 6) is 0.832. The summed E-state index contributed by atoms with van der Waals surface area (Å²) in [6.45, 7) is 0.243. The third kappa shape index (κ3) is 3.94. The number of ketones is 1. The Morgan fingerprint density at radius 2 is 1.71 bits per heavy atom. The van der Waals surface area contributed by atoms with Gasteiger partial charge in [-0.15, -0.1) is 17.0 Å². The van der Waals surface area contributed by atoms with Gasteiger partial charge in [0.05, 0.1) is 18.9 Å². The Morgan fingerprint density at radius 3 is 2.50 bits per heavy atom. The minimum Gasteiger partial charge on any atom is -0.496 e. The lowest BCUT2D eigenvalue weighted by Crippen LogP contribution is -2.37. The fourth-order valence-corrected chi connectivity index (χ4v) is 3.21. The van der Waals surface area contributed by atoms with Crippen LogP contribution in [0.15, 0.2) is 85.3 Å². The van der Waals surface area contributed by atoms with Crippen LogP contribution in [0.25, 0.3) is 22.0 Å². The lowest BCUT2D eigenvalue weighted by atomic mass is 10.0. The number of para-hydroxylation sites is 1. The predicted octanol–water partition coefficient (Wildman–Crippen LogP) is 4.66. The van der Waals surface area contributed by atoms with Crippen molar-refractivity contribution in [2.75, 3.05) is 7.11 Å². The summed E-state index contributed by atoms with van der Waals surface area (Å²) in [5.41, 5.74) is 2.46. The molecule has 0 atom stereocenters. The Bertz CT molecular complexity index is 1110. The summed E-state index contributed by atoms with van der Waals surface area (Å²) < 4.78 is 7.19. The molecule has 3 aromatic carbocycles. The van der Waals surface area contributed by atoms with Crippen LogP contribution in [0.2, 0.25) is 0 Å². The molecule has 4 rings (SSSR count). The van der Waals surface area contributed by atoms with Gasteiger partial charge < -0.3 is 4.74 Å². The number of hydrogen-bond donors (Lipinski definition) is 0. The van der Waals surface area contributed by atoms with Crippen LogP contribution >= 0.6 is 17.0 Å². The number of halogens is 1. The zero-order valence-corrected chi connectivity index (χ0v) is 17.1. The molecule has 0 unspecified atom stereocenters. The number of ether oxygens (including phenoxy) is 1. The summed E-state index contributed by atoms with van der Waals surface area (Å²) in [6, 6.07) is 23.4. The Kier molecular flexibility index (Phi) is 6.16. The first-order chi connectivity index (χ1) is 13.3. The van der Waals surface area contributed by atoms with Crippen molar-refractivity contribution in [1.29, 1.82) is 0 Å². The van der Waals surface area contributed by atoms with Gasteiger partial charge in [0.2, 0.25) is 5.78 Å². The zero-order valence-electron chi connectivity index (χ0n) is 15.4. The fourth-order valence-electron chi connectivity index (χ4n) is 3.21. The number of carbonyl (C=O) groups is 1. The van der Waals surface area contributed by atoms with E-state index in [9.17, 15) is 4.79 Å². The molecule has 28 heavy (non-hydrogen) atoms. The molecular weight excluding hydrogens is 416 g/mol. The van der Waals surface area contributed by atoms with Gasteiger partial charge in [0.15, 0.2) is 12.2 Å². The molecule has 0 aliphatic carbocycles. The number of fused-ring (bicyclic) bond motifs is 1. The first-order valence-electron chi connectivity index (χ1n) is 8.76. The third-order valence-corrected chi connectivity index (χ3v) is 4.57. The van der Waals surface area contributed by atoms with Crippen molar-refractivity contribution in [1.82, 2.24) is 4.98 Å². The first-order valence-corrected chi connectivity index (χ1v) is 8.76. The van der Waals surface area contributed by atoms with E-state index in [0.29, 0.717) is 0 Å². The summed E-state index contributed by atoms with van der Waals surface area (Å²) in [6.07, 6.45) is 3.56. The highest BCUT2D eigenvalue weighted by Crippen LogP contribution is 2.27. The van der Waals surface area contributed by atoms with E-state index < -0.39 is 0 Å². The number of hydrogen-bond acceptors (Lipinski definition) is 3. The summed E-state index contributed by atoms with van der Waals surface area (Å²) >= 11 is 0. The topological polar surface area (TPSA) is 43.1 Å². The van der Waals surface area contributed by atoms with E-state index in [2.05, 4.69) is 4.98 Å². The van der Waals surface area contributed by atoms with Crippen LogP contribution in [0.1, 0.15) is 10.4 Å². The van der Waals surface area contributed by atoms with Gasteiger partial charge in [0.1, 0.15) is 5.75 Å². The maximum absolute atomic E-state index is 12.8. The lowest BCUT2D eigenvalue weighted by molar-refractivity contribution is -0.686. The molecular formula is C23H20BrN2O2+. The maximum atomic E-state index is 12.8. The molecule has 0 radical (unpaired) electrons. The summed E-state index contributed by atoms with van der Waals surface area (Å²) in [5, 5.41) is 2.04. The molecule has 0 aliphatic rings. The normalized spacial score (nSPS) is 10.3. The van der Waals surface area contributed by atoms with E-state index in [-0.39, 0.29) is 29.3 Å². The number of nitrogens with zero attached hydrogens (tertiary/aromatic N) is 2. The van der Waals surface area contributed by atoms with E-state index in [0.717, 1.165) is 33.3 Å². The van der Waals surface area contributed by atoms with Crippen molar-refractivity contribution in [2.24, 2.45) is 0 Å². The highest BCUT2D eigenvalue weighted by Gasteiger charge is 2.15. The minimum atomic E-state index is 0. The number of Topliss-reactive ketones (excluding diaryl/α,β-unsaturated/α-hetero) is 1. The highest BCUT2D eigenvalue weighted by atomic mass is 79.9. The molecule has 0 amide bonds. The van der Waals surface area contributed by atoms with Crippen LogP contribution in [-0.2, 0) is 6.54 Å². The van der Waals surface area contributed by atoms with Crippen LogP contribution in [0, 0.1) is 0 Å². The predicted molar refractivity (Wildman–Crippen MR) is 115 cm³/mol. The second-order valence-corrected chi connectivity index (χ2v) is 6.27. The van der Waals surface area contributed by atoms with Gasteiger partial charge in [-0.05, 0) is 27.9 Å². The Hall–Kier alpha value is -3.05. The average molecular weight is 436 g/mol. The Labute approximate surface area is 174 Å². The quantitative estimate of drug-likeness (QED) is 0.338. The lowest BCUT2D eigenvalue weighted by Gasteiger charge is -2.06. The molecule has 4 nitrogen and oxygen atoms in total. The molecule has 4 aromatic rings. The minimum absolute atomic E-state index is 0. The van der Waals surface area contributed by atoms with Crippen LogP contribution in [0.3, 0.4) is 0 Å². The third-order valence-electron chi connectivity index (χ3n) is 4.57. The standard InChI is InChI=1S/C23H19N2O2.BrH/c1-27-23-12-5-4-10-20(23)21-13-14-25(16-24-21)15-22(26)19-11-6-8-17-7-2-3-9-18(17)19;/h2-14,16H,15H2,1H3;1H/q+1;. The molecule has 5 heteroatoms. The molecule has 0 N–H and O–H groups in total. The van der Waals surface area contributed by atoms with Crippen LogP contribution in [-0.4, -0.2) is 17.9 Å². The van der Waals surface area contributed by atoms with Crippen LogP contribution < -0.4 is 9.30 Å². The summed E-state index contributed by atoms with van der Waals surface area (Å²) in [7, 11) is 1.64. The molecule has 0 spiro atoms. The molecule has 0 fully saturated rings. The number of carbonyl (C=O) groups excluding carboxylic acids is 1. The number of benzene rings is 3. The summed E-state index contributed by atoms with van der Waals surface area (Å²) in [4.78, 5) is 17.3. The molecule has 1 aromatic heterocycles. The SMILES string of the molecule is Br.COc1ccccc1-c1cc[n+](CC(=O)c2cccc3ccccc23)cn1. The average Bonchev–Trinajstić information content (AvgIpc) is 2.74. The van der Waals surface area contributed by atoms with E-state index in [4.69, 9.17) is 4.74 Å². The van der Waals surface area contributed by atoms with Crippen molar-refractivity contribution in [3.63, 3.8) is 0 Å². The van der Waals surface area contributed by atoms with Crippen LogP contribution in [0.5, 0.6) is 5.75 Å². The fraction of sp³-hybridized carbons (Fsp3) is 0.0870. The van der Waals surface area contributed by atoms with Crippen molar-refractivity contribution < 1.29 is 14.1 Å². The highest BCUT2D eigenvalue weighted by molar-refractivity contribution is 8.93.